The summed E-state index contributed by atoms with van der Waals surface area (Å²) in [6.07, 6.45) is 5.24. The van der Waals surface area contributed by atoms with Crippen LogP contribution in [0.15, 0.2) is 48.5 Å². The van der Waals surface area contributed by atoms with Crippen molar-refractivity contribution < 1.29 is 28.2 Å². The molecule has 32 heavy (non-hydrogen) atoms. The molecule has 0 saturated heterocycles. The summed E-state index contributed by atoms with van der Waals surface area (Å²) in [5, 5.41) is 0. The standard InChI is InChI=1S/C26H33FO5/c1-3-5-7-10-18-30-26(29)23-12-8-9-13-24(23)32-25(28)20-14-16-22(17-15-20)31-19-21(27)11-6-4-2/h8-9,12-17,21H,3-7,10-11,18-19H2,1-2H3. The minimum Gasteiger partial charge on any atom is -0.491 e. The summed E-state index contributed by atoms with van der Waals surface area (Å²) in [6, 6.07) is 12.8. The summed E-state index contributed by atoms with van der Waals surface area (Å²) in [4.78, 5) is 24.9. The van der Waals surface area contributed by atoms with E-state index >= 15 is 0 Å². The summed E-state index contributed by atoms with van der Waals surface area (Å²) < 4.78 is 29.9. The number of hydrogen-bond donors (Lipinski definition) is 0. The van der Waals surface area contributed by atoms with Gasteiger partial charge in [0.15, 0.2) is 0 Å². The fourth-order valence-corrected chi connectivity index (χ4v) is 3.04. The Morgan fingerprint density at radius 2 is 1.59 bits per heavy atom. The Morgan fingerprint density at radius 3 is 2.31 bits per heavy atom. The van der Waals surface area contributed by atoms with Crippen LogP contribution in [-0.4, -0.2) is 31.3 Å². The summed E-state index contributed by atoms with van der Waals surface area (Å²) in [5.74, 6) is -0.496. The summed E-state index contributed by atoms with van der Waals surface area (Å²) in [5.41, 5.74) is 0.500. The highest BCUT2D eigenvalue weighted by Gasteiger charge is 2.17. The topological polar surface area (TPSA) is 61.8 Å². The molecule has 0 amide bonds. The third-order valence-corrected chi connectivity index (χ3v) is 4.93. The number of rotatable bonds is 14. The van der Waals surface area contributed by atoms with E-state index in [1.807, 2.05) is 6.92 Å². The van der Waals surface area contributed by atoms with Gasteiger partial charge in [0, 0.05) is 0 Å². The van der Waals surface area contributed by atoms with Crippen LogP contribution in [0.25, 0.3) is 0 Å². The van der Waals surface area contributed by atoms with Crippen molar-refractivity contribution in [3.05, 3.63) is 59.7 Å². The lowest BCUT2D eigenvalue weighted by Crippen LogP contribution is -2.14. The molecule has 0 heterocycles. The number of benzene rings is 2. The number of alkyl halides is 1. The smallest absolute Gasteiger partial charge is 0.343 e. The molecule has 0 aliphatic rings. The largest absolute Gasteiger partial charge is 0.491 e. The predicted molar refractivity (Wildman–Crippen MR) is 122 cm³/mol. The quantitative estimate of drug-likeness (QED) is 0.188. The van der Waals surface area contributed by atoms with E-state index in [9.17, 15) is 14.0 Å². The van der Waals surface area contributed by atoms with E-state index in [-0.39, 0.29) is 17.9 Å². The van der Waals surface area contributed by atoms with Crippen molar-refractivity contribution in [3.8, 4) is 11.5 Å². The third-order valence-electron chi connectivity index (χ3n) is 4.93. The van der Waals surface area contributed by atoms with Crippen LogP contribution >= 0.6 is 0 Å². The number of carbonyl (C=O) groups is 2. The summed E-state index contributed by atoms with van der Waals surface area (Å²) in [7, 11) is 0. The second kappa shape index (κ2) is 14.2. The fraction of sp³-hybridized carbons (Fsp3) is 0.462. The normalized spacial score (nSPS) is 11.6. The molecular formula is C26H33FO5. The molecule has 0 aliphatic carbocycles. The summed E-state index contributed by atoms with van der Waals surface area (Å²) in [6.45, 7) is 4.45. The molecule has 1 unspecified atom stereocenters. The zero-order valence-electron chi connectivity index (χ0n) is 19.0. The molecule has 0 aromatic heterocycles. The van der Waals surface area contributed by atoms with Gasteiger partial charge in [-0.3, -0.25) is 0 Å². The van der Waals surface area contributed by atoms with Gasteiger partial charge in [0.1, 0.15) is 29.8 Å². The lowest BCUT2D eigenvalue weighted by Gasteiger charge is -2.11. The van der Waals surface area contributed by atoms with Crippen LogP contribution in [0.1, 0.15) is 79.5 Å². The Kier molecular flexibility index (Phi) is 11.3. The second-order valence-corrected chi connectivity index (χ2v) is 7.66. The molecular weight excluding hydrogens is 411 g/mol. The van der Waals surface area contributed by atoms with Crippen molar-refractivity contribution >= 4 is 11.9 Å². The van der Waals surface area contributed by atoms with Gasteiger partial charge < -0.3 is 14.2 Å². The molecule has 0 spiro atoms. The van der Waals surface area contributed by atoms with E-state index in [1.54, 1.807) is 48.5 Å². The average molecular weight is 445 g/mol. The van der Waals surface area contributed by atoms with E-state index < -0.39 is 18.1 Å². The van der Waals surface area contributed by atoms with Gasteiger partial charge >= 0.3 is 11.9 Å². The van der Waals surface area contributed by atoms with Gasteiger partial charge in [-0.15, -0.1) is 0 Å². The third kappa shape index (κ3) is 8.69. The molecule has 174 valence electrons. The molecule has 1 atom stereocenters. The first-order chi connectivity index (χ1) is 15.5. The zero-order chi connectivity index (χ0) is 23.2. The van der Waals surface area contributed by atoms with Crippen LogP contribution in [0, 0.1) is 0 Å². The van der Waals surface area contributed by atoms with Gasteiger partial charge in [-0.05, 0) is 49.2 Å². The van der Waals surface area contributed by atoms with Crippen LogP contribution in [0.3, 0.4) is 0 Å². The molecule has 2 aromatic rings. The van der Waals surface area contributed by atoms with E-state index in [2.05, 4.69) is 6.92 Å². The van der Waals surface area contributed by atoms with Gasteiger partial charge in [0.25, 0.3) is 0 Å². The molecule has 0 saturated carbocycles. The van der Waals surface area contributed by atoms with E-state index in [1.165, 1.54) is 0 Å². The van der Waals surface area contributed by atoms with Crippen molar-refractivity contribution in [1.82, 2.24) is 0 Å². The van der Waals surface area contributed by atoms with Gasteiger partial charge in [0.05, 0.1) is 12.2 Å². The summed E-state index contributed by atoms with van der Waals surface area (Å²) >= 11 is 0. The monoisotopic (exact) mass is 444 g/mol. The van der Waals surface area contributed by atoms with Crippen molar-refractivity contribution in [2.45, 2.75) is 65.0 Å². The van der Waals surface area contributed by atoms with Gasteiger partial charge in [-0.25, -0.2) is 14.0 Å². The van der Waals surface area contributed by atoms with Crippen molar-refractivity contribution in [1.29, 1.82) is 0 Å². The van der Waals surface area contributed by atoms with Crippen LogP contribution < -0.4 is 9.47 Å². The maximum absolute atomic E-state index is 13.7. The Balaban J connectivity index is 1.91. The van der Waals surface area contributed by atoms with Crippen molar-refractivity contribution in [2.75, 3.05) is 13.2 Å². The first kappa shape index (κ1) is 25.4. The Morgan fingerprint density at radius 1 is 0.875 bits per heavy atom. The minimum absolute atomic E-state index is 0.0161. The Labute approximate surface area is 189 Å². The molecule has 6 heteroatoms. The molecule has 0 N–H and O–H groups in total. The zero-order valence-corrected chi connectivity index (χ0v) is 19.0. The van der Waals surface area contributed by atoms with Crippen molar-refractivity contribution in [3.63, 3.8) is 0 Å². The molecule has 0 aliphatic heterocycles. The SMILES string of the molecule is CCCCCCOC(=O)c1ccccc1OC(=O)c1ccc(OCC(F)CCCC)cc1. The van der Waals surface area contributed by atoms with Crippen molar-refractivity contribution in [2.24, 2.45) is 0 Å². The molecule has 5 nitrogen and oxygen atoms in total. The number of halogens is 1. The molecule has 0 fully saturated rings. The Hall–Kier alpha value is -2.89. The first-order valence-corrected chi connectivity index (χ1v) is 11.4. The number of esters is 2. The molecule has 0 bridgehead atoms. The van der Waals surface area contributed by atoms with E-state index in [4.69, 9.17) is 14.2 Å². The average Bonchev–Trinajstić information content (AvgIpc) is 2.81. The fourth-order valence-electron chi connectivity index (χ4n) is 3.04. The van der Waals surface area contributed by atoms with E-state index in [0.29, 0.717) is 24.3 Å². The minimum atomic E-state index is -1.01. The van der Waals surface area contributed by atoms with Gasteiger partial charge in [0.2, 0.25) is 0 Å². The van der Waals surface area contributed by atoms with Crippen LogP contribution in [0.4, 0.5) is 4.39 Å². The molecule has 0 radical (unpaired) electrons. The first-order valence-electron chi connectivity index (χ1n) is 11.4. The molecule has 2 aromatic carbocycles. The lowest BCUT2D eigenvalue weighted by molar-refractivity contribution is 0.0492. The molecule has 2 rings (SSSR count). The number of ether oxygens (including phenoxy) is 3. The maximum atomic E-state index is 13.7. The maximum Gasteiger partial charge on any atom is 0.343 e. The Bertz CT molecular complexity index is 834. The van der Waals surface area contributed by atoms with Crippen LogP contribution in [-0.2, 0) is 4.74 Å². The highest BCUT2D eigenvalue weighted by atomic mass is 19.1. The predicted octanol–water partition coefficient (Wildman–Crippen LogP) is 6.55. The van der Waals surface area contributed by atoms with Gasteiger partial charge in [-0.1, -0.05) is 58.1 Å². The second-order valence-electron chi connectivity index (χ2n) is 7.66. The number of hydrogen-bond acceptors (Lipinski definition) is 5. The number of unbranched alkanes of at least 4 members (excludes halogenated alkanes) is 4. The number of para-hydroxylation sites is 1. The highest BCUT2D eigenvalue weighted by molar-refractivity contribution is 5.96. The highest BCUT2D eigenvalue weighted by Crippen LogP contribution is 2.22. The van der Waals surface area contributed by atoms with Crippen LogP contribution in [0.5, 0.6) is 11.5 Å². The van der Waals surface area contributed by atoms with E-state index in [0.717, 1.165) is 38.5 Å². The van der Waals surface area contributed by atoms with Crippen LogP contribution in [0.2, 0.25) is 0 Å². The lowest BCUT2D eigenvalue weighted by atomic mass is 10.2. The van der Waals surface area contributed by atoms with Gasteiger partial charge in [-0.2, -0.15) is 0 Å². The number of carbonyl (C=O) groups excluding carboxylic acids is 2.